The Morgan fingerprint density at radius 1 is 1.09 bits per heavy atom. The molecule has 4 nitrogen and oxygen atoms in total. The minimum atomic E-state index is -1.34. The number of aliphatic hydroxyl groups excluding tert-OH is 1. The number of rotatable bonds is 1. The fourth-order valence-electron chi connectivity index (χ4n) is 7.97. The topological polar surface area (TPSA) is 70.4 Å². The number of fused-ring (bicyclic) bond motifs is 7. The average molecular weight is 456 g/mol. The Bertz CT molecular complexity index is 1100. The quantitative estimate of drug-likeness (QED) is 0.644. The van der Waals surface area contributed by atoms with E-state index in [-0.39, 0.29) is 23.1 Å². The minimum absolute atomic E-state index is 0.257. The number of halogens is 1. The number of carbonyl (C=O) groups is 1. The van der Waals surface area contributed by atoms with Gasteiger partial charge < -0.3 is 10.2 Å². The van der Waals surface area contributed by atoms with Crippen molar-refractivity contribution in [3.63, 3.8) is 0 Å². The maximum Gasteiger partial charge on any atom is 0.139 e. The van der Waals surface area contributed by atoms with Crippen LogP contribution in [0.15, 0.2) is 24.3 Å². The number of ketones is 1. The Kier molecular flexibility index (Phi) is 4.39. The van der Waals surface area contributed by atoms with Gasteiger partial charge >= 0.3 is 0 Å². The molecule has 0 radical (unpaired) electrons. The van der Waals surface area contributed by atoms with Crippen LogP contribution in [0.3, 0.4) is 0 Å². The Morgan fingerprint density at radius 3 is 2.59 bits per heavy atom. The zero-order valence-corrected chi connectivity index (χ0v) is 19.4. The summed E-state index contributed by atoms with van der Waals surface area (Å²) in [7, 11) is 0. The van der Waals surface area contributed by atoms with Gasteiger partial charge in [0.05, 0.1) is 16.7 Å². The van der Waals surface area contributed by atoms with Crippen molar-refractivity contribution in [1.29, 1.82) is 0 Å². The number of thiazole rings is 1. The van der Waals surface area contributed by atoms with Crippen molar-refractivity contribution in [1.82, 2.24) is 4.98 Å². The Labute approximate surface area is 191 Å². The van der Waals surface area contributed by atoms with E-state index in [2.05, 4.69) is 13.8 Å². The molecule has 170 valence electrons. The lowest BCUT2D eigenvalue weighted by Crippen LogP contribution is -2.65. The minimum Gasteiger partial charge on any atom is -0.390 e. The predicted octanol–water partition coefficient (Wildman–Crippen LogP) is 4.87. The highest BCUT2D eigenvalue weighted by molar-refractivity contribution is 7.15. The van der Waals surface area contributed by atoms with Crippen molar-refractivity contribution in [3.8, 4) is 10.6 Å². The first-order valence-corrected chi connectivity index (χ1v) is 12.7. The van der Waals surface area contributed by atoms with E-state index in [1.54, 1.807) is 12.1 Å². The summed E-state index contributed by atoms with van der Waals surface area (Å²) in [5, 5.41) is 24.5. The summed E-state index contributed by atoms with van der Waals surface area (Å²) in [6.07, 6.45) is 4.57. The molecule has 0 bridgehead atoms. The van der Waals surface area contributed by atoms with E-state index in [9.17, 15) is 19.4 Å². The maximum atomic E-state index is 13.4. The van der Waals surface area contributed by atoms with Crippen LogP contribution in [0, 0.1) is 34.4 Å². The first kappa shape index (κ1) is 20.9. The summed E-state index contributed by atoms with van der Waals surface area (Å²) >= 11 is 1.44. The van der Waals surface area contributed by atoms with Gasteiger partial charge in [-0.3, -0.25) is 4.79 Å². The molecule has 2 aromatic rings. The molecular weight excluding hydrogens is 425 g/mol. The predicted molar refractivity (Wildman–Crippen MR) is 121 cm³/mol. The van der Waals surface area contributed by atoms with E-state index in [0.29, 0.717) is 24.5 Å². The van der Waals surface area contributed by atoms with Gasteiger partial charge in [0.2, 0.25) is 0 Å². The van der Waals surface area contributed by atoms with Crippen molar-refractivity contribution in [2.75, 3.05) is 0 Å². The molecule has 3 saturated carbocycles. The molecule has 7 atom stereocenters. The second-order valence-electron chi connectivity index (χ2n) is 11.0. The van der Waals surface area contributed by atoms with Crippen molar-refractivity contribution < 1.29 is 19.4 Å². The van der Waals surface area contributed by atoms with E-state index in [0.717, 1.165) is 53.2 Å². The SMILES string of the molecule is C[C@]12CC[C@H]3[C@@H](C[C@H](O)[C@@]4(O)c5sc(-c6ccc(F)cc6)nc5CC[C@]34C)[C@@H]1CCC2=O. The Hall–Kier alpha value is -1.63. The van der Waals surface area contributed by atoms with Crippen LogP contribution < -0.4 is 0 Å². The molecule has 1 aromatic carbocycles. The second kappa shape index (κ2) is 6.71. The number of aryl methyl sites for hydroxylation is 1. The molecule has 2 N–H and O–H groups in total. The second-order valence-corrected chi connectivity index (χ2v) is 12.0. The Morgan fingerprint density at radius 2 is 1.84 bits per heavy atom. The lowest BCUT2D eigenvalue weighted by Gasteiger charge is -2.63. The van der Waals surface area contributed by atoms with Gasteiger partial charge in [-0.1, -0.05) is 13.8 Å². The third kappa shape index (κ3) is 2.49. The lowest BCUT2D eigenvalue weighted by molar-refractivity contribution is -0.247. The van der Waals surface area contributed by atoms with Gasteiger partial charge in [-0.25, -0.2) is 9.37 Å². The lowest BCUT2D eigenvalue weighted by atomic mass is 9.43. The fourth-order valence-corrected chi connectivity index (χ4v) is 9.36. The van der Waals surface area contributed by atoms with Gasteiger partial charge in [0.1, 0.15) is 22.2 Å². The van der Waals surface area contributed by atoms with Crippen molar-refractivity contribution in [2.24, 2.45) is 28.6 Å². The molecule has 1 aromatic heterocycles. The van der Waals surface area contributed by atoms with Crippen LogP contribution >= 0.6 is 11.3 Å². The van der Waals surface area contributed by atoms with Gasteiger partial charge in [-0.05, 0) is 80.5 Å². The van der Waals surface area contributed by atoms with Crippen LogP contribution in [0.1, 0.15) is 62.9 Å². The van der Waals surface area contributed by atoms with Crippen LogP contribution in [-0.4, -0.2) is 27.1 Å². The van der Waals surface area contributed by atoms with Crippen LogP contribution in [0.5, 0.6) is 0 Å². The standard InChI is InChI=1S/C26H30FNO3S/c1-24-11-9-18-16(17(24)7-8-20(24)29)13-21(30)26(31)22-19(10-12-25(18,26)2)28-23(32-22)14-3-5-15(27)6-4-14/h3-6,16-18,21,30-31H,7-13H2,1-2H3/t16-,17-,18-,21-,24-,25+,26+/m0/s1. The van der Waals surface area contributed by atoms with Gasteiger partial charge in [-0.15, -0.1) is 11.3 Å². The summed E-state index contributed by atoms with van der Waals surface area (Å²) < 4.78 is 13.4. The molecule has 4 aliphatic carbocycles. The van der Waals surface area contributed by atoms with Gasteiger partial charge in [0.25, 0.3) is 0 Å². The molecule has 0 saturated heterocycles. The Balaban J connectivity index is 1.42. The zero-order chi connectivity index (χ0) is 22.5. The number of aromatic nitrogens is 1. The van der Waals surface area contributed by atoms with Crippen LogP contribution in [0.2, 0.25) is 0 Å². The molecular formula is C26H30FNO3S. The third-order valence-corrected chi connectivity index (χ3v) is 11.1. The number of hydrogen-bond acceptors (Lipinski definition) is 5. The first-order chi connectivity index (χ1) is 15.2. The summed E-state index contributed by atoms with van der Waals surface area (Å²) in [4.78, 5) is 18.3. The molecule has 32 heavy (non-hydrogen) atoms. The number of nitrogens with zero attached hydrogens (tertiary/aromatic N) is 1. The molecule has 6 heteroatoms. The third-order valence-electron chi connectivity index (χ3n) is 9.83. The zero-order valence-electron chi connectivity index (χ0n) is 18.6. The van der Waals surface area contributed by atoms with Gasteiger partial charge in [-0.2, -0.15) is 0 Å². The van der Waals surface area contributed by atoms with E-state index in [1.165, 1.54) is 23.5 Å². The highest BCUT2D eigenvalue weighted by atomic mass is 32.1. The van der Waals surface area contributed by atoms with Gasteiger partial charge in [0.15, 0.2) is 0 Å². The highest BCUT2D eigenvalue weighted by Crippen LogP contribution is 2.68. The summed E-state index contributed by atoms with van der Waals surface area (Å²) in [5.41, 5.74) is -0.358. The summed E-state index contributed by atoms with van der Waals surface area (Å²) in [5.74, 6) is 0.960. The molecule has 0 amide bonds. The summed E-state index contributed by atoms with van der Waals surface area (Å²) in [6.45, 7) is 4.29. The van der Waals surface area contributed by atoms with E-state index in [4.69, 9.17) is 4.98 Å². The van der Waals surface area contributed by atoms with Crippen molar-refractivity contribution in [2.45, 2.75) is 70.5 Å². The van der Waals surface area contributed by atoms with Crippen LogP contribution in [0.25, 0.3) is 10.6 Å². The normalized spacial score (nSPS) is 42.7. The molecule has 0 aliphatic heterocycles. The monoisotopic (exact) mass is 455 g/mol. The average Bonchev–Trinajstić information content (AvgIpc) is 3.33. The molecule has 6 rings (SSSR count). The molecule has 3 fully saturated rings. The number of Topliss-reactive ketones (excluding diaryl/α,β-unsaturated/α-hetero) is 1. The number of carbonyl (C=O) groups excluding carboxylic acids is 1. The first-order valence-electron chi connectivity index (χ1n) is 11.9. The van der Waals surface area contributed by atoms with E-state index in [1.807, 2.05) is 0 Å². The number of hydrogen-bond donors (Lipinski definition) is 2. The molecule has 4 aliphatic rings. The fraction of sp³-hybridized carbons (Fsp3) is 0.615. The maximum absolute atomic E-state index is 13.4. The largest absolute Gasteiger partial charge is 0.390 e. The van der Waals surface area contributed by atoms with Crippen molar-refractivity contribution in [3.05, 3.63) is 40.7 Å². The van der Waals surface area contributed by atoms with Crippen LogP contribution in [-0.2, 0) is 16.8 Å². The van der Waals surface area contributed by atoms with Crippen LogP contribution in [0.4, 0.5) is 4.39 Å². The van der Waals surface area contributed by atoms with Gasteiger partial charge in [0, 0.05) is 22.8 Å². The molecule has 0 unspecified atom stereocenters. The number of aliphatic hydroxyl groups is 2. The summed E-state index contributed by atoms with van der Waals surface area (Å²) in [6, 6.07) is 6.29. The van der Waals surface area contributed by atoms with Crippen molar-refractivity contribution >= 4 is 17.1 Å². The van der Waals surface area contributed by atoms with E-state index >= 15 is 0 Å². The number of benzene rings is 1. The molecule has 1 heterocycles. The van der Waals surface area contributed by atoms with E-state index < -0.39 is 17.1 Å². The molecule has 0 spiro atoms. The smallest absolute Gasteiger partial charge is 0.139 e. The highest BCUT2D eigenvalue weighted by Gasteiger charge is 2.68.